The van der Waals surface area contributed by atoms with Crippen LogP contribution in [-0.2, 0) is 4.79 Å². The Hall–Kier alpha value is -1.30. The minimum atomic E-state index is -0.336. The predicted octanol–water partition coefficient (Wildman–Crippen LogP) is 1.32. The largest absolute Gasteiger partial charge is 0.332 e. The van der Waals surface area contributed by atoms with E-state index in [1.54, 1.807) is 7.05 Å². The maximum atomic E-state index is 10.3. The highest BCUT2D eigenvalue weighted by molar-refractivity contribution is 5.48. The Morgan fingerprint density at radius 3 is 2.58 bits per heavy atom. The van der Waals surface area contributed by atoms with Crippen LogP contribution in [0.4, 0.5) is 0 Å². The highest BCUT2D eigenvalue weighted by Gasteiger charge is 2.09. The SMILES string of the molecule is CC(C)=CCC(C#N)N(C)C=O. The number of hydrogen-bond acceptors (Lipinski definition) is 2. The van der Waals surface area contributed by atoms with E-state index in [9.17, 15) is 4.79 Å². The van der Waals surface area contributed by atoms with Gasteiger partial charge in [0.2, 0.25) is 6.41 Å². The van der Waals surface area contributed by atoms with Gasteiger partial charge in [-0.3, -0.25) is 4.79 Å². The second kappa shape index (κ2) is 5.36. The maximum Gasteiger partial charge on any atom is 0.210 e. The molecule has 3 heteroatoms. The Kier molecular flexibility index (Phi) is 4.78. The second-order valence-electron chi connectivity index (χ2n) is 2.93. The summed E-state index contributed by atoms with van der Waals surface area (Å²) in [6.45, 7) is 3.94. The third-order valence-electron chi connectivity index (χ3n) is 1.56. The monoisotopic (exact) mass is 166 g/mol. The molecule has 0 saturated heterocycles. The Balaban J connectivity index is 4.11. The van der Waals surface area contributed by atoms with E-state index in [1.165, 1.54) is 4.90 Å². The van der Waals surface area contributed by atoms with E-state index in [4.69, 9.17) is 5.26 Å². The van der Waals surface area contributed by atoms with Crippen molar-refractivity contribution in [2.75, 3.05) is 7.05 Å². The molecule has 0 aromatic carbocycles. The fraction of sp³-hybridized carbons (Fsp3) is 0.556. The van der Waals surface area contributed by atoms with E-state index in [2.05, 4.69) is 6.07 Å². The van der Waals surface area contributed by atoms with Crippen molar-refractivity contribution >= 4 is 6.41 Å². The van der Waals surface area contributed by atoms with E-state index in [0.29, 0.717) is 12.8 Å². The van der Waals surface area contributed by atoms with Gasteiger partial charge in [-0.05, 0) is 20.3 Å². The van der Waals surface area contributed by atoms with E-state index in [1.807, 2.05) is 19.9 Å². The smallest absolute Gasteiger partial charge is 0.210 e. The molecule has 0 spiro atoms. The van der Waals surface area contributed by atoms with Crippen molar-refractivity contribution in [3.63, 3.8) is 0 Å². The number of carbonyl (C=O) groups excluding carboxylic acids is 1. The molecule has 1 unspecified atom stereocenters. The van der Waals surface area contributed by atoms with Gasteiger partial charge in [0.1, 0.15) is 6.04 Å². The van der Waals surface area contributed by atoms with Crippen molar-refractivity contribution in [2.24, 2.45) is 0 Å². The maximum absolute atomic E-state index is 10.3. The molecule has 0 aliphatic carbocycles. The van der Waals surface area contributed by atoms with Crippen LogP contribution in [0.2, 0.25) is 0 Å². The summed E-state index contributed by atoms with van der Waals surface area (Å²) >= 11 is 0. The lowest BCUT2D eigenvalue weighted by atomic mass is 10.1. The summed E-state index contributed by atoms with van der Waals surface area (Å²) in [4.78, 5) is 11.7. The molecule has 0 fully saturated rings. The predicted molar refractivity (Wildman–Crippen MR) is 47.3 cm³/mol. The molecule has 0 aromatic heterocycles. The van der Waals surface area contributed by atoms with Crippen LogP contribution in [0, 0.1) is 11.3 Å². The molecule has 0 saturated carbocycles. The molecule has 0 N–H and O–H groups in total. The summed E-state index contributed by atoms with van der Waals surface area (Å²) in [6, 6.07) is 1.72. The summed E-state index contributed by atoms with van der Waals surface area (Å²) in [5, 5.41) is 8.66. The van der Waals surface area contributed by atoms with E-state index < -0.39 is 0 Å². The zero-order chi connectivity index (χ0) is 9.56. The van der Waals surface area contributed by atoms with Crippen molar-refractivity contribution in [3.8, 4) is 6.07 Å². The Bertz CT molecular complexity index is 211. The quantitative estimate of drug-likeness (QED) is 0.467. The lowest BCUT2D eigenvalue weighted by molar-refractivity contribution is -0.117. The van der Waals surface area contributed by atoms with E-state index in [0.717, 1.165) is 5.57 Å². The highest BCUT2D eigenvalue weighted by atomic mass is 16.1. The van der Waals surface area contributed by atoms with Gasteiger partial charge >= 0.3 is 0 Å². The zero-order valence-electron chi connectivity index (χ0n) is 7.74. The molecule has 66 valence electrons. The first-order valence-electron chi connectivity index (χ1n) is 3.82. The number of carbonyl (C=O) groups is 1. The average Bonchev–Trinajstić information content (AvgIpc) is 2.04. The molecule has 3 nitrogen and oxygen atoms in total. The van der Waals surface area contributed by atoms with Gasteiger partial charge in [0.25, 0.3) is 0 Å². The van der Waals surface area contributed by atoms with Gasteiger partial charge in [-0.25, -0.2) is 0 Å². The average molecular weight is 166 g/mol. The molecule has 1 atom stereocenters. The van der Waals surface area contributed by atoms with Gasteiger partial charge < -0.3 is 4.90 Å². The molecule has 0 rings (SSSR count). The molecule has 0 bridgehead atoms. The molecular formula is C9H14N2O. The van der Waals surface area contributed by atoms with Crippen molar-refractivity contribution in [2.45, 2.75) is 26.3 Å². The summed E-state index contributed by atoms with van der Waals surface area (Å²) in [5.74, 6) is 0. The zero-order valence-corrected chi connectivity index (χ0v) is 7.74. The van der Waals surface area contributed by atoms with Gasteiger partial charge in [-0.2, -0.15) is 5.26 Å². The van der Waals surface area contributed by atoms with Crippen LogP contribution in [0.1, 0.15) is 20.3 Å². The van der Waals surface area contributed by atoms with Crippen molar-refractivity contribution < 1.29 is 4.79 Å². The molecule has 12 heavy (non-hydrogen) atoms. The first-order chi connectivity index (χ1) is 5.61. The van der Waals surface area contributed by atoms with Crippen LogP contribution in [0.15, 0.2) is 11.6 Å². The number of nitriles is 1. The molecule has 1 amide bonds. The Morgan fingerprint density at radius 1 is 1.67 bits per heavy atom. The Labute approximate surface area is 73.3 Å². The summed E-state index contributed by atoms with van der Waals surface area (Å²) in [7, 11) is 1.61. The molecule has 0 aliphatic heterocycles. The van der Waals surface area contributed by atoms with Gasteiger partial charge in [-0.15, -0.1) is 0 Å². The third kappa shape index (κ3) is 3.77. The minimum absolute atomic E-state index is 0.336. The lowest BCUT2D eigenvalue weighted by Crippen LogP contribution is -2.28. The van der Waals surface area contributed by atoms with Crippen LogP contribution < -0.4 is 0 Å². The molecular weight excluding hydrogens is 152 g/mol. The number of amides is 1. The van der Waals surface area contributed by atoms with Gasteiger partial charge in [-0.1, -0.05) is 11.6 Å². The van der Waals surface area contributed by atoms with Crippen LogP contribution in [0.3, 0.4) is 0 Å². The second-order valence-corrected chi connectivity index (χ2v) is 2.93. The molecule has 0 aromatic rings. The standard InChI is InChI=1S/C9H14N2O/c1-8(2)4-5-9(6-10)11(3)7-12/h4,7,9H,5H2,1-3H3. The topological polar surface area (TPSA) is 44.1 Å². The number of hydrogen-bond donors (Lipinski definition) is 0. The first-order valence-corrected chi connectivity index (χ1v) is 3.82. The van der Waals surface area contributed by atoms with Crippen LogP contribution in [0.25, 0.3) is 0 Å². The highest BCUT2D eigenvalue weighted by Crippen LogP contribution is 2.02. The Morgan fingerprint density at radius 2 is 2.25 bits per heavy atom. The van der Waals surface area contributed by atoms with Crippen LogP contribution in [-0.4, -0.2) is 24.4 Å². The summed E-state index contributed by atoms with van der Waals surface area (Å²) < 4.78 is 0. The third-order valence-corrected chi connectivity index (χ3v) is 1.56. The molecule has 0 heterocycles. The van der Waals surface area contributed by atoms with E-state index >= 15 is 0 Å². The molecule has 0 aliphatic rings. The number of nitrogens with zero attached hydrogens (tertiary/aromatic N) is 2. The van der Waals surface area contributed by atoms with Crippen molar-refractivity contribution in [1.82, 2.24) is 4.90 Å². The normalized spacial score (nSPS) is 11.2. The summed E-state index contributed by atoms with van der Waals surface area (Å²) in [5.41, 5.74) is 1.16. The van der Waals surface area contributed by atoms with E-state index in [-0.39, 0.29) is 6.04 Å². The lowest BCUT2D eigenvalue weighted by Gasteiger charge is -2.15. The summed E-state index contributed by atoms with van der Waals surface area (Å²) in [6.07, 6.45) is 3.23. The fourth-order valence-corrected chi connectivity index (χ4v) is 0.731. The number of rotatable bonds is 4. The van der Waals surface area contributed by atoms with Crippen molar-refractivity contribution in [1.29, 1.82) is 5.26 Å². The number of allylic oxidation sites excluding steroid dienone is 1. The van der Waals surface area contributed by atoms with Gasteiger partial charge in [0, 0.05) is 7.05 Å². The molecule has 0 radical (unpaired) electrons. The first kappa shape index (κ1) is 10.7. The minimum Gasteiger partial charge on any atom is -0.332 e. The van der Waals surface area contributed by atoms with Gasteiger partial charge in [0.15, 0.2) is 0 Å². The van der Waals surface area contributed by atoms with Crippen LogP contribution >= 0.6 is 0 Å². The van der Waals surface area contributed by atoms with Crippen LogP contribution in [0.5, 0.6) is 0 Å². The van der Waals surface area contributed by atoms with Crippen molar-refractivity contribution in [3.05, 3.63) is 11.6 Å². The van der Waals surface area contributed by atoms with Gasteiger partial charge in [0.05, 0.1) is 6.07 Å². The fourth-order valence-electron chi connectivity index (χ4n) is 0.731.